The number of aromatic hydroxyl groups is 1. The molecule has 3 atom stereocenters. The topological polar surface area (TPSA) is 72.8 Å². The summed E-state index contributed by atoms with van der Waals surface area (Å²) in [5, 5.41) is 10.6. The van der Waals surface area contributed by atoms with E-state index in [9.17, 15) is 14.7 Å². The van der Waals surface area contributed by atoms with E-state index < -0.39 is 12.1 Å². The number of phenols is 1. The average Bonchev–Trinajstić information content (AvgIpc) is 2.97. The molecule has 1 aromatic carbocycles. The van der Waals surface area contributed by atoms with Gasteiger partial charge in [0.05, 0.1) is 12.1 Å². The third-order valence-electron chi connectivity index (χ3n) is 7.10. The maximum Gasteiger partial charge on any atom is 0.342 e. The van der Waals surface area contributed by atoms with Crippen molar-refractivity contribution in [2.45, 2.75) is 53.1 Å². The highest BCUT2D eigenvalue weighted by Crippen LogP contribution is 2.64. The van der Waals surface area contributed by atoms with Crippen LogP contribution in [0.25, 0.3) is 0 Å². The Morgan fingerprint density at radius 1 is 1.30 bits per heavy atom. The van der Waals surface area contributed by atoms with Crippen LogP contribution in [0, 0.1) is 23.7 Å². The molecule has 0 spiro atoms. The van der Waals surface area contributed by atoms with Crippen LogP contribution in [0.5, 0.6) is 11.5 Å². The fourth-order valence-corrected chi connectivity index (χ4v) is 5.94. The molecule has 0 heterocycles. The summed E-state index contributed by atoms with van der Waals surface area (Å²) in [5.41, 5.74) is 3.30. The number of aldehydes is 1. The van der Waals surface area contributed by atoms with Crippen molar-refractivity contribution in [3.8, 4) is 11.5 Å². The van der Waals surface area contributed by atoms with Gasteiger partial charge >= 0.3 is 5.97 Å². The second-order valence-corrected chi connectivity index (χ2v) is 10.1. The minimum atomic E-state index is -0.652. The van der Waals surface area contributed by atoms with Crippen LogP contribution in [-0.4, -0.2) is 30.6 Å². The third kappa shape index (κ3) is 2.97. The lowest BCUT2D eigenvalue weighted by Crippen LogP contribution is -2.51. The molecular formula is C24H27ClO5. The first-order valence-corrected chi connectivity index (χ1v) is 10.6. The van der Waals surface area contributed by atoms with Gasteiger partial charge in [0, 0.05) is 17.1 Å². The largest absolute Gasteiger partial charge is 0.507 e. The summed E-state index contributed by atoms with van der Waals surface area (Å²) in [6, 6.07) is 1.31. The summed E-state index contributed by atoms with van der Waals surface area (Å²) in [4.78, 5) is 24.8. The lowest BCUT2D eigenvalue weighted by molar-refractivity contribution is -0.105. The van der Waals surface area contributed by atoms with Gasteiger partial charge in [0.1, 0.15) is 29.5 Å². The smallest absolute Gasteiger partial charge is 0.342 e. The van der Waals surface area contributed by atoms with Crippen molar-refractivity contribution in [3.63, 3.8) is 0 Å². The number of allylic oxidation sites excluding steroid dienone is 3. The summed E-state index contributed by atoms with van der Waals surface area (Å²) >= 11 is 6.26. The zero-order valence-corrected chi connectivity index (χ0v) is 18.7. The van der Waals surface area contributed by atoms with Crippen molar-refractivity contribution >= 4 is 23.9 Å². The average molecular weight is 431 g/mol. The molecule has 0 aromatic heterocycles. The molecule has 2 saturated carbocycles. The van der Waals surface area contributed by atoms with E-state index in [1.54, 1.807) is 6.92 Å². The zero-order valence-electron chi connectivity index (χ0n) is 18.0. The number of hydrogen-bond acceptors (Lipinski definition) is 5. The van der Waals surface area contributed by atoms with E-state index in [-0.39, 0.29) is 27.2 Å². The molecule has 1 unspecified atom stereocenters. The first-order chi connectivity index (χ1) is 14.0. The van der Waals surface area contributed by atoms with E-state index >= 15 is 0 Å². The van der Waals surface area contributed by atoms with Gasteiger partial charge in [-0.2, -0.15) is 0 Å². The van der Waals surface area contributed by atoms with Crippen LogP contribution in [0.15, 0.2) is 28.9 Å². The molecule has 160 valence electrons. The predicted molar refractivity (Wildman–Crippen MR) is 114 cm³/mol. The molecule has 2 fully saturated rings. The van der Waals surface area contributed by atoms with Gasteiger partial charge in [0.15, 0.2) is 0 Å². The lowest BCUT2D eigenvalue weighted by atomic mass is 9.52. The van der Waals surface area contributed by atoms with Crippen molar-refractivity contribution in [1.29, 1.82) is 0 Å². The second-order valence-electron chi connectivity index (χ2n) is 9.73. The van der Waals surface area contributed by atoms with E-state index in [1.807, 2.05) is 6.08 Å². The third-order valence-corrected chi connectivity index (χ3v) is 7.57. The number of benzene rings is 1. The highest BCUT2D eigenvalue weighted by molar-refractivity contribution is 6.33. The molecule has 30 heavy (non-hydrogen) atoms. The summed E-state index contributed by atoms with van der Waals surface area (Å²) in [6.45, 7) is 8.32. The van der Waals surface area contributed by atoms with Crippen molar-refractivity contribution < 1.29 is 24.2 Å². The molecule has 5 nitrogen and oxygen atoms in total. The number of hydrogen-bond donors (Lipinski definition) is 1. The first-order valence-electron chi connectivity index (χ1n) is 10.2. The van der Waals surface area contributed by atoms with Crippen molar-refractivity contribution in [2.24, 2.45) is 16.7 Å². The molecule has 6 heteroatoms. The lowest BCUT2D eigenvalue weighted by Gasteiger charge is -2.54. The van der Waals surface area contributed by atoms with Crippen molar-refractivity contribution in [2.75, 3.05) is 7.11 Å². The highest BCUT2D eigenvalue weighted by Gasteiger charge is 2.59. The summed E-state index contributed by atoms with van der Waals surface area (Å²) in [6.07, 6.45) is 5.09. The van der Waals surface area contributed by atoms with Crippen molar-refractivity contribution in [1.82, 2.24) is 0 Å². The Labute approximate surface area is 181 Å². The summed E-state index contributed by atoms with van der Waals surface area (Å²) < 4.78 is 10.9. The van der Waals surface area contributed by atoms with Crippen LogP contribution in [0.4, 0.5) is 0 Å². The predicted octanol–water partition coefficient (Wildman–Crippen LogP) is 5.17. The Hall–Kier alpha value is -2.27. The number of ether oxygens (including phenoxy) is 2. The van der Waals surface area contributed by atoms with Gasteiger partial charge in [-0.15, -0.1) is 0 Å². The number of carbonyl (C=O) groups excluding carboxylic acids is 2. The van der Waals surface area contributed by atoms with Crippen LogP contribution in [0.1, 0.15) is 56.0 Å². The van der Waals surface area contributed by atoms with Gasteiger partial charge in [0.2, 0.25) is 0 Å². The first kappa shape index (κ1) is 21.0. The SMILES string of the molecule is COc1cc(O)c(C(=O)O[C@@H]2C[C@@]3(C)C2=C(C=O)C=C2CC(C)(C)CC23)c(C)c1Cl. The summed E-state index contributed by atoms with van der Waals surface area (Å²) in [5.74, 6) is -0.236. The van der Waals surface area contributed by atoms with Crippen molar-refractivity contribution in [3.05, 3.63) is 45.0 Å². The van der Waals surface area contributed by atoms with E-state index in [1.165, 1.54) is 18.7 Å². The van der Waals surface area contributed by atoms with E-state index in [2.05, 4.69) is 20.8 Å². The molecule has 4 rings (SSSR count). The van der Waals surface area contributed by atoms with Gasteiger partial charge in [-0.05, 0) is 48.7 Å². The quantitative estimate of drug-likeness (QED) is 0.527. The number of carbonyl (C=O) groups is 2. The van der Waals surface area contributed by atoms with Gasteiger partial charge in [-0.1, -0.05) is 44.0 Å². The monoisotopic (exact) mass is 430 g/mol. The van der Waals surface area contributed by atoms with Crippen LogP contribution in [0.3, 0.4) is 0 Å². The minimum Gasteiger partial charge on any atom is -0.507 e. The maximum atomic E-state index is 12.9. The standard InChI is InChI=1S/C24H27ClO5/c1-12-19(16(27)7-17(29-5)21(12)25)22(28)30-18-10-24(4)15-9-23(2,3)8-13(15)6-14(11-26)20(18)24/h6-7,11,15,18,27H,8-10H2,1-5H3/t15?,18-,24-/m1/s1. The Bertz CT molecular complexity index is 1020. The Balaban J connectivity index is 1.64. The van der Waals surface area contributed by atoms with Crippen LogP contribution in [0.2, 0.25) is 5.02 Å². The number of phenolic OH excluding ortho intramolecular Hbond substituents is 1. The summed E-state index contributed by atoms with van der Waals surface area (Å²) in [7, 11) is 1.44. The van der Waals surface area contributed by atoms with Gasteiger partial charge in [0.25, 0.3) is 0 Å². The van der Waals surface area contributed by atoms with E-state index in [0.29, 0.717) is 29.2 Å². The number of fused-ring (bicyclic) bond motifs is 3. The minimum absolute atomic E-state index is 0.0247. The van der Waals surface area contributed by atoms with Crippen LogP contribution in [-0.2, 0) is 9.53 Å². The highest BCUT2D eigenvalue weighted by atomic mass is 35.5. The normalized spacial score (nSPS) is 28.8. The van der Waals surface area contributed by atoms with Gasteiger partial charge in [-0.3, -0.25) is 4.79 Å². The number of esters is 1. The number of rotatable bonds is 4. The molecule has 0 bridgehead atoms. The van der Waals surface area contributed by atoms with Crippen LogP contribution < -0.4 is 4.74 Å². The molecule has 0 amide bonds. The maximum absolute atomic E-state index is 12.9. The molecule has 0 radical (unpaired) electrons. The van der Waals surface area contributed by atoms with Crippen LogP contribution >= 0.6 is 11.6 Å². The molecule has 1 N–H and O–H groups in total. The molecule has 1 aromatic rings. The number of methoxy groups -OCH3 is 1. The van der Waals surface area contributed by atoms with E-state index in [4.69, 9.17) is 21.1 Å². The zero-order chi connectivity index (χ0) is 22.0. The fourth-order valence-electron chi connectivity index (χ4n) is 5.71. The fraction of sp³-hybridized carbons (Fsp3) is 0.500. The second kappa shape index (κ2) is 6.88. The van der Waals surface area contributed by atoms with E-state index in [0.717, 1.165) is 24.7 Å². The molecule has 3 aliphatic carbocycles. The van der Waals surface area contributed by atoms with Gasteiger partial charge in [-0.25, -0.2) is 4.79 Å². The molecule has 0 aliphatic heterocycles. The molecular weight excluding hydrogens is 404 g/mol. The molecule has 3 aliphatic rings. The Morgan fingerprint density at radius 2 is 2.00 bits per heavy atom. The Kier molecular flexibility index (Phi) is 4.81. The Morgan fingerprint density at radius 3 is 2.63 bits per heavy atom. The number of halogens is 1. The van der Waals surface area contributed by atoms with Gasteiger partial charge < -0.3 is 14.6 Å². The molecule has 0 saturated heterocycles.